The summed E-state index contributed by atoms with van der Waals surface area (Å²) in [4.78, 5) is 9.94. The van der Waals surface area contributed by atoms with Crippen LogP contribution >= 0.6 is 0 Å². The molecule has 0 unspecified atom stereocenters. The van der Waals surface area contributed by atoms with Gasteiger partial charge in [0, 0.05) is 5.92 Å². The molecule has 0 N–H and O–H groups in total. The SMILES string of the molecule is COn1c(C2CC2)nc2ccccc21. The molecule has 0 amide bonds. The maximum absolute atomic E-state index is 5.35. The molecule has 2 aromatic rings. The third-order valence-electron chi connectivity index (χ3n) is 2.67. The van der Waals surface area contributed by atoms with Crippen molar-refractivity contribution < 1.29 is 4.84 Å². The van der Waals surface area contributed by atoms with Gasteiger partial charge in [-0.15, -0.1) is 0 Å². The number of fused-ring (bicyclic) bond motifs is 1. The van der Waals surface area contributed by atoms with Gasteiger partial charge in [-0.25, -0.2) is 4.98 Å². The molecule has 72 valence electrons. The number of imidazole rings is 1. The monoisotopic (exact) mass is 188 g/mol. The molecule has 1 aromatic carbocycles. The summed E-state index contributed by atoms with van der Waals surface area (Å²) in [6, 6.07) is 8.08. The smallest absolute Gasteiger partial charge is 0.149 e. The maximum atomic E-state index is 5.35. The predicted octanol–water partition coefficient (Wildman–Crippen LogP) is 1.97. The summed E-state index contributed by atoms with van der Waals surface area (Å²) in [6.07, 6.45) is 2.49. The Kier molecular flexibility index (Phi) is 1.54. The Bertz CT molecular complexity index is 471. The van der Waals surface area contributed by atoms with E-state index in [0.717, 1.165) is 16.9 Å². The highest BCUT2D eigenvalue weighted by molar-refractivity contribution is 5.75. The van der Waals surface area contributed by atoms with Gasteiger partial charge in [-0.1, -0.05) is 12.1 Å². The van der Waals surface area contributed by atoms with Crippen LogP contribution in [0, 0.1) is 0 Å². The van der Waals surface area contributed by atoms with Gasteiger partial charge in [0.25, 0.3) is 0 Å². The summed E-state index contributed by atoms with van der Waals surface area (Å²) in [5, 5.41) is 0. The van der Waals surface area contributed by atoms with Crippen LogP contribution < -0.4 is 4.84 Å². The number of para-hydroxylation sites is 2. The molecule has 3 nitrogen and oxygen atoms in total. The first kappa shape index (κ1) is 7.85. The predicted molar refractivity (Wildman–Crippen MR) is 54.2 cm³/mol. The van der Waals surface area contributed by atoms with Crippen LogP contribution in [0.2, 0.25) is 0 Å². The largest absolute Gasteiger partial charge is 0.415 e. The Labute approximate surface area is 82.3 Å². The third kappa shape index (κ3) is 1.02. The first-order chi connectivity index (χ1) is 6.90. The van der Waals surface area contributed by atoms with Crippen LogP contribution in [0.5, 0.6) is 0 Å². The summed E-state index contributed by atoms with van der Waals surface area (Å²) in [7, 11) is 1.69. The van der Waals surface area contributed by atoms with Crippen molar-refractivity contribution in [1.29, 1.82) is 0 Å². The number of aromatic nitrogens is 2. The lowest BCUT2D eigenvalue weighted by Crippen LogP contribution is -2.09. The Hall–Kier alpha value is -1.51. The molecule has 1 aliphatic rings. The normalized spacial score (nSPS) is 16.1. The van der Waals surface area contributed by atoms with Gasteiger partial charge in [-0.05, 0) is 25.0 Å². The van der Waals surface area contributed by atoms with Crippen LogP contribution in [0.3, 0.4) is 0 Å². The van der Waals surface area contributed by atoms with E-state index in [1.807, 2.05) is 29.0 Å². The van der Waals surface area contributed by atoms with Crippen molar-refractivity contribution in [2.24, 2.45) is 0 Å². The van der Waals surface area contributed by atoms with E-state index in [2.05, 4.69) is 4.98 Å². The molecule has 1 aliphatic carbocycles. The van der Waals surface area contributed by atoms with Crippen molar-refractivity contribution in [3.05, 3.63) is 30.1 Å². The Morgan fingerprint density at radius 2 is 2.14 bits per heavy atom. The van der Waals surface area contributed by atoms with Crippen molar-refractivity contribution >= 4 is 11.0 Å². The fourth-order valence-corrected chi connectivity index (χ4v) is 1.81. The van der Waals surface area contributed by atoms with E-state index in [1.54, 1.807) is 7.11 Å². The molecule has 0 saturated heterocycles. The Morgan fingerprint density at radius 1 is 1.36 bits per heavy atom. The molecular formula is C11H12N2O. The molecule has 14 heavy (non-hydrogen) atoms. The van der Waals surface area contributed by atoms with Crippen LogP contribution in [0.4, 0.5) is 0 Å². The summed E-state index contributed by atoms with van der Waals surface area (Å²) >= 11 is 0. The molecule has 0 aliphatic heterocycles. The van der Waals surface area contributed by atoms with E-state index < -0.39 is 0 Å². The van der Waals surface area contributed by atoms with E-state index in [9.17, 15) is 0 Å². The first-order valence-electron chi connectivity index (χ1n) is 4.92. The minimum atomic E-state index is 0.613. The lowest BCUT2D eigenvalue weighted by molar-refractivity contribution is 0.168. The number of benzene rings is 1. The standard InChI is InChI=1S/C11H12N2O/c1-14-13-10-5-3-2-4-9(10)12-11(13)8-6-7-8/h2-5,8H,6-7H2,1H3. The van der Waals surface area contributed by atoms with E-state index in [4.69, 9.17) is 4.84 Å². The lowest BCUT2D eigenvalue weighted by Gasteiger charge is -2.04. The Morgan fingerprint density at radius 3 is 2.86 bits per heavy atom. The van der Waals surface area contributed by atoms with Crippen LogP contribution in [0.25, 0.3) is 11.0 Å². The van der Waals surface area contributed by atoms with Crippen molar-refractivity contribution in [2.45, 2.75) is 18.8 Å². The second kappa shape index (κ2) is 2.74. The zero-order chi connectivity index (χ0) is 9.54. The van der Waals surface area contributed by atoms with Crippen molar-refractivity contribution in [2.75, 3.05) is 7.11 Å². The molecule has 3 rings (SSSR count). The molecule has 1 aromatic heterocycles. The van der Waals surface area contributed by atoms with Crippen LogP contribution in [0.15, 0.2) is 24.3 Å². The van der Waals surface area contributed by atoms with Crippen LogP contribution in [-0.4, -0.2) is 16.8 Å². The summed E-state index contributed by atoms with van der Waals surface area (Å²) in [6.45, 7) is 0. The minimum absolute atomic E-state index is 0.613. The number of hydrogen-bond acceptors (Lipinski definition) is 2. The topological polar surface area (TPSA) is 27.1 Å². The molecule has 0 radical (unpaired) electrons. The molecule has 0 bridgehead atoms. The maximum Gasteiger partial charge on any atom is 0.149 e. The average molecular weight is 188 g/mol. The van der Waals surface area contributed by atoms with Gasteiger partial charge < -0.3 is 4.84 Å². The summed E-state index contributed by atoms with van der Waals surface area (Å²) in [5.74, 6) is 1.69. The third-order valence-corrected chi connectivity index (χ3v) is 2.67. The number of nitrogens with zero attached hydrogens (tertiary/aromatic N) is 2. The first-order valence-corrected chi connectivity index (χ1v) is 4.92. The van der Waals surface area contributed by atoms with Gasteiger partial charge >= 0.3 is 0 Å². The molecule has 1 heterocycles. The van der Waals surface area contributed by atoms with E-state index in [-0.39, 0.29) is 0 Å². The molecule has 0 atom stereocenters. The number of rotatable bonds is 2. The van der Waals surface area contributed by atoms with E-state index in [0.29, 0.717) is 5.92 Å². The lowest BCUT2D eigenvalue weighted by atomic mass is 10.3. The molecular weight excluding hydrogens is 176 g/mol. The average Bonchev–Trinajstić information content (AvgIpc) is 2.99. The zero-order valence-corrected chi connectivity index (χ0v) is 8.10. The highest BCUT2D eigenvalue weighted by Gasteiger charge is 2.30. The van der Waals surface area contributed by atoms with Crippen LogP contribution in [0.1, 0.15) is 24.6 Å². The van der Waals surface area contributed by atoms with Crippen molar-refractivity contribution in [3.63, 3.8) is 0 Å². The van der Waals surface area contributed by atoms with E-state index in [1.165, 1.54) is 12.8 Å². The fraction of sp³-hybridized carbons (Fsp3) is 0.364. The van der Waals surface area contributed by atoms with Crippen molar-refractivity contribution in [1.82, 2.24) is 9.71 Å². The minimum Gasteiger partial charge on any atom is -0.415 e. The van der Waals surface area contributed by atoms with Gasteiger partial charge in [0.1, 0.15) is 18.5 Å². The van der Waals surface area contributed by atoms with Gasteiger partial charge in [-0.3, -0.25) is 0 Å². The Balaban J connectivity index is 2.28. The summed E-state index contributed by atoms with van der Waals surface area (Å²) in [5.41, 5.74) is 2.09. The van der Waals surface area contributed by atoms with Gasteiger partial charge in [0.2, 0.25) is 0 Å². The highest BCUT2D eigenvalue weighted by Crippen LogP contribution is 2.40. The van der Waals surface area contributed by atoms with Gasteiger partial charge in [-0.2, -0.15) is 4.73 Å². The second-order valence-corrected chi connectivity index (χ2v) is 3.71. The quantitative estimate of drug-likeness (QED) is 0.720. The molecule has 1 fully saturated rings. The fourth-order valence-electron chi connectivity index (χ4n) is 1.81. The molecule has 3 heteroatoms. The second-order valence-electron chi connectivity index (χ2n) is 3.71. The van der Waals surface area contributed by atoms with E-state index >= 15 is 0 Å². The number of hydrogen-bond donors (Lipinski definition) is 0. The molecule has 0 spiro atoms. The molecule has 1 saturated carbocycles. The van der Waals surface area contributed by atoms with Gasteiger partial charge in [0.05, 0.1) is 5.52 Å². The van der Waals surface area contributed by atoms with Crippen LogP contribution in [-0.2, 0) is 0 Å². The zero-order valence-electron chi connectivity index (χ0n) is 8.10. The van der Waals surface area contributed by atoms with Crippen molar-refractivity contribution in [3.8, 4) is 0 Å². The highest BCUT2D eigenvalue weighted by atomic mass is 16.6. The van der Waals surface area contributed by atoms with Gasteiger partial charge in [0.15, 0.2) is 0 Å². The summed E-state index contributed by atoms with van der Waals surface area (Å²) < 4.78 is 1.85.